The van der Waals surface area contributed by atoms with Crippen LogP contribution in [0.2, 0.25) is 0 Å². The predicted octanol–water partition coefficient (Wildman–Crippen LogP) is 3.29. The van der Waals surface area contributed by atoms with Gasteiger partial charge in [0, 0.05) is 24.0 Å². The third-order valence-corrected chi connectivity index (χ3v) is 4.73. The molecule has 0 radical (unpaired) electrons. The van der Waals surface area contributed by atoms with Crippen LogP contribution in [-0.2, 0) is 16.1 Å². The van der Waals surface area contributed by atoms with Crippen molar-refractivity contribution in [3.63, 3.8) is 0 Å². The highest BCUT2D eigenvalue weighted by molar-refractivity contribution is 5.99. The Morgan fingerprint density at radius 3 is 2.72 bits per heavy atom. The number of nitrogens with zero attached hydrogens (tertiary/aromatic N) is 1. The van der Waals surface area contributed by atoms with Crippen LogP contribution >= 0.6 is 0 Å². The van der Waals surface area contributed by atoms with Crippen molar-refractivity contribution in [1.82, 2.24) is 4.90 Å². The van der Waals surface area contributed by atoms with Crippen molar-refractivity contribution < 1.29 is 23.8 Å². The Kier molecular flexibility index (Phi) is 4.56. The van der Waals surface area contributed by atoms with E-state index in [1.54, 1.807) is 11.8 Å². The topological polar surface area (TPSA) is 80.0 Å². The molecular weight excluding hydrogens is 322 g/mol. The second-order valence-corrected chi connectivity index (χ2v) is 7.11. The number of carbonyl (C=O) groups excluding carboxylic acids is 1. The number of ether oxygens (including phenoxy) is 1. The van der Waals surface area contributed by atoms with Gasteiger partial charge in [0.15, 0.2) is 5.76 Å². The number of rotatable bonds is 5. The fraction of sp³-hybridized carbons (Fsp3) is 0.474. The molecule has 3 rings (SSSR count). The molecule has 2 aromatic rings. The molecule has 1 aliphatic rings. The van der Waals surface area contributed by atoms with E-state index in [2.05, 4.69) is 0 Å². The molecule has 0 saturated carbocycles. The van der Waals surface area contributed by atoms with Crippen molar-refractivity contribution >= 4 is 22.8 Å². The number of para-hydroxylation sites is 1. The fourth-order valence-electron chi connectivity index (χ4n) is 3.12. The van der Waals surface area contributed by atoms with Crippen LogP contribution in [-0.4, -0.2) is 41.1 Å². The van der Waals surface area contributed by atoms with E-state index in [-0.39, 0.29) is 30.9 Å². The summed E-state index contributed by atoms with van der Waals surface area (Å²) in [6, 6.07) is 7.46. The van der Waals surface area contributed by atoms with Crippen LogP contribution in [0.4, 0.5) is 0 Å². The molecule has 1 aromatic heterocycles. The first-order valence-corrected chi connectivity index (χ1v) is 8.46. The van der Waals surface area contributed by atoms with Gasteiger partial charge < -0.3 is 19.2 Å². The molecular formula is C19H23NO5. The van der Waals surface area contributed by atoms with Crippen LogP contribution in [0.1, 0.15) is 43.3 Å². The molecule has 0 unspecified atom stereocenters. The monoisotopic (exact) mass is 345 g/mol. The summed E-state index contributed by atoms with van der Waals surface area (Å²) < 4.78 is 11.5. The summed E-state index contributed by atoms with van der Waals surface area (Å²) in [6.07, 6.45) is 0.463. The van der Waals surface area contributed by atoms with E-state index >= 15 is 0 Å². The van der Waals surface area contributed by atoms with Gasteiger partial charge in [0.1, 0.15) is 5.58 Å². The molecule has 1 amide bonds. The predicted molar refractivity (Wildman–Crippen MR) is 92.4 cm³/mol. The van der Waals surface area contributed by atoms with Crippen LogP contribution in [0, 0.1) is 5.41 Å². The number of furan rings is 1. The molecule has 1 aromatic carbocycles. The maximum absolute atomic E-state index is 13.0. The number of carbonyl (C=O) groups is 2. The van der Waals surface area contributed by atoms with Gasteiger partial charge in [-0.3, -0.25) is 9.59 Å². The zero-order valence-electron chi connectivity index (χ0n) is 14.7. The first-order chi connectivity index (χ1) is 11.8. The quantitative estimate of drug-likeness (QED) is 0.899. The van der Waals surface area contributed by atoms with Crippen molar-refractivity contribution in [2.24, 2.45) is 5.41 Å². The Morgan fingerprint density at radius 2 is 2.08 bits per heavy atom. The van der Waals surface area contributed by atoms with Crippen LogP contribution in [0.3, 0.4) is 0 Å². The molecule has 2 heterocycles. The van der Waals surface area contributed by atoms with Crippen LogP contribution < -0.4 is 0 Å². The third-order valence-electron chi connectivity index (χ3n) is 4.73. The Hall–Kier alpha value is -2.34. The normalized spacial score (nSPS) is 20.6. The van der Waals surface area contributed by atoms with Gasteiger partial charge in [-0.2, -0.15) is 0 Å². The third kappa shape index (κ3) is 3.26. The standard InChI is InChI=1S/C19H23NO5/c1-12(2)24-10-14-13-6-4-5-7-15(13)25-16(14)17(21)20-9-8-19(3,11-20)18(22)23/h4-7,12H,8-11H2,1-3H3,(H,22,23)/t19-/m0/s1. The fourth-order valence-corrected chi connectivity index (χ4v) is 3.12. The van der Waals surface area contributed by atoms with Crippen molar-refractivity contribution in [1.29, 1.82) is 0 Å². The van der Waals surface area contributed by atoms with Crippen LogP contribution in [0.15, 0.2) is 28.7 Å². The van der Waals surface area contributed by atoms with Gasteiger partial charge in [-0.1, -0.05) is 18.2 Å². The number of benzene rings is 1. The number of likely N-dealkylation sites (tertiary alicyclic amines) is 1. The van der Waals surface area contributed by atoms with E-state index in [4.69, 9.17) is 9.15 Å². The van der Waals surface area contributed by atoms with E-state index in [0.29, 0.717) is 18.5 Å². The lowest BCUT2D eigenvalue weighted by molar-refractivity contribution is -0.147. The average molecular weight is 345 g/mol. The van der Waals surface area contributed by atoms with Crippen molar-refractivity contribution in [2.45, 2.75) is 39.9 Å². The van der Waals surface area contributed by atoms with E-state index in [1.165, 1.54) is 0 Å². The summed E-state index contributed by atoms with van der Waals surface area (Å²) in [4.78, 5) is 26.0. The molecule has 1 aliphatic heterocycles. The molecule has 0 spiro atoms. The van der Waals surface area contributed by atoms with Crippen molar-refractivity contribution in [3.05, 3.63) is 35.6 Å². The Labute approximate surface area is 146 Å². The number of carboxylic acid groups (broad SMARTS) is 1. The van der Waals surface area contributed by atoms with E-state index in [1.807, 2.05) is 38.1 Å². The summed E-state index contributed by atoms with van der Waals surface area (Å²) in [5.74, 6) is -0.907. The smallest absolute Gasteiger partial charge is 0.311 e. The largest absolute Gasteiger partial charge is 0.481 e. The second-order valence-electron chi connectivity index (χ2n) is 7.11. The van der Waals surface area contributed by atoms with Crippen molar-refractivity contribution in [3.8, 4) is 0 Å². The van der Waals surface area contributed by atoms with Crippen LogP contribution in [0.5, 0.6) is 0 Å². The summed E-state index contributed by atoms with van der Waals surface area (Å²) in [7, 11) is 0. The molecule has 1 fully saturated rings. The molecule has 0 aliphatic carbocycles. The van der Waals surface area contributed by atoms with Gasteiger partial charge in [-0.05, 0) is 33.3 Å². The minimum atomic E-state index is -0.906. The van der Waals surface area contributed by atoms with Gasteiger partial charge in [0.25, 0.3) is 5.91 Å². The highest BCUT2D eigenvalue weighted by Crippen LogP contribution is 2.33. The summed E-state index contributed by atoms with van der Waals surface area (Å²) in [5.41, 5.74) is 0.447. The second kappa shape index (κ2) is 6.52. The Morgan fingerprint density at radius 1 is 1.36 bits per heavy atom. The zero-order chi connectivity index (χ0) is 18.2. The molecule has 6 heteroatoms. The highest BCUT2D eigenvalue weighted by Gasteiger charge is 2.43. The SMILES string of the molecule is CC(C)OCc1c(C(=O)N2CC[C@](C)(C(=O)O)C2)oc2ccccc12. The number of aliphatic carboxylic acids is 1. The maximum Gasteiger partial charge on any atom is 0.311 e. The van der Waals surface area contributed by atoms with Gasteiger partial charge in [-0.25, -0.2) is 0 Å². The van der Waals surface area contributed by atoms with Gasteiger partial charge in [-0.15, -0.1) is 0 Å². The molecule has 0 bridgehead atoms. The van der Waals surface area contributed by atoms with Gasteiger partial charge in [0.2, 0.25) is 0 Å². The molecule has 1 atom stereocenters. The zero-order valence-corrected chi connectivity index (χ0v) is 14.7. The minimum absolute atomic E-state index is 0.0266. The molecule has 6 nitrogen and oxygen atoms in total. The Balaban J connectivity index is 1.93. The molecule has 134 valence electrons. The number of fused-ring (bicyclic) bond motifs is 1. The average Bonchev–Trinajstić information content (AvgIpc) is 3.14. The molecule has 1 N–H and O–H groups in total. The lowest BCUT2D eigenvalue weighted by Crippen LogP contribution is -2.35. The number of hydrogen-bond acceptors (Lipinski definition) is 4. The first kappa shape index (κ1) is 17.5. The van der Waals surface area contributed by atoms with Gasteiger partial charge in [0.05, 0.1) is 18.1 Å². The van der Waals surface area contributed by atoms with Crippen molar-refractivity contribution in [2.75, 3.05) is 13.1 Å². The summed E-state index contributed by atoms with van der Waals surface area (Å²) in [5, 5.41) is 10.2. The van der Waals surface area contributed by atoms with E-state index in [9.17, 15) is 14.7 Å². The molecule has 25 heavy (non-hydrogen) atoms. The first-order valence-electron chi connectivity index (χ1n) is 8.46. The number of hydrogen-bond donors (Lipinski definition) is 1. The highest BCUT2D eigenvalue weighted by atomic mass is 16.5. The lowest BCUT2D eigenvalue weighted by atomic mass is 9.90. The van der Waals surface area contributed by atoms with E-state index < -0.39 is 11.4 Å². The minimum Gasteiger partial charge on any atom is -0.481 e. The maximum atomic E-state index is 13.0. The number of amides is 1. The number of carboxylic acids is 1. The molecule has 1 saturated heterocycles. The van der Waals surface area contributed by atoms with Crippen LogP contribution in [0.25, 0.3) is 11.0 Å². The van der Waals surface area contributed by atoms with Gasteiger partial charge >= 0.3 is 5.97 Å². The van der Waals surface area contributed by atoms with E-state index in [0.717, 1.165) is 10.9 Å². The summed E-state index contributed by atoms with van der Waals surface area (Å²) >= 11 is 0. The summed E-state index contributed by atoms with van der Waals surface area (Å²) in [6.45, 7) is 6.40. The Bertz CT molecular complexity index is 809. The lowest BCUT2D eigenvalue weighted by Gasteiger charge is -2.19.